The Bertz CT molecular complexity index is 980. The van der Waals surface area contributed by atoms with Crippen molar-refractivity contribution in [3.05, 3.63) is 41.5 Å². The Morgan fingerprint density at radius 2 is 1.83 bits per heavy atom. The number of anilines is 1. The van der Waals surface area contributed by atoms with Crippen LogP contribution in [0, 0.1) is 13.8 Å². The number of H-pyrrole nitrogens is 1. The second-order valence-corrected chi connectivity index (χ2v) is 6.87. The minimum absolute atomic E-state index is 0.130. The fourth-order valence-electron chi connectivity index (χ4n) is 2.52. The van der Waals surface area contributed by atoms with Gasteiger partial charge in [-0.25, -0.2) is 8.42 Å². The van der Waals surface area contributed by atoms with Crippen LogP contribution in [-0.2, 0) is 10.0 Å². The maximum Gasteiger partial charge on any atom is 0.265 e. The number of benzene rings is 2. The van der Waals surface area contributed by atoms with Gasteiger partial charge in [-0.15, -0.1) is 0 Å². The fraction of sp³-hybridized carbons (Fsp3) is 0.200. The highest BCUT2D eigenvalue weighted by atomic mass is 32.2. The summed E-state index contributed by atoms with van der Waals surface area (Å²) >= 11 is 0. The van der Waals surface area contributed by atoms with Crippen molar-refractivity contribution in [3.8, 4) is 5.75 Å². The second-order valence-electron chi connectivity index (χ2n) is 5.25. The third kappa shape index (κ3) is 2.85. The van der Waals surface area contributed by atoms with Crippen molar-refractivity contribution in [3.63, 3.8) is 0 Å². The summed E-state index contributed by atoms with van der Waals surface area (Å²) in [5.41, 5.74) is 3.21. The van der Waals surface area contributed by atoms with Gasteiger partial charge in [0.15, 0.2) is 0 Å². The molecule has 1 heterocycles. The number of aromatic amines is 1. The number of ether oxygens (including phenoxy) is 1. The molecule has 23 heavy (non-hydrogen) atoms. The van der Waals surface area contributed by atoms with E-state index in [9.17, 15) is 8.42 Å². The first kappa shape index (κ1) is 15.3. The third-order valence-electron chi connectivity index (χ3n) is 3.44. The van der Waals surface area contributed by atoms with E-state index < -0.39 is 10.0 Å². The summed E-state index contributed by atoms with van der Waals surface area (Å²) < 4.78 is 33.3. The molecule has 0 bridgehead atoms. The Morgan fingerprint density at radius 1 is 1.09 bits per heavy atom. The van der Waals surface area contributed by atoms with E-state index in [0.717, 1.165) is 5.56 Å². The number of rotatable bonds is 4. The molecule has 120 valence electrons. The molecule has 0 saturated carbocycles. The summed E-state index contributed by atoms with van der Waals surface area (Å²) in [4.78, 5) is 0.130. The van der Waals surface area contributed by atoms with E-state index in [1.807, 2.05) is 6.92 Å². The maximum atomic E-state index is 12.8. The molecule has 0 radical (unpaired) electrons. The van der Waals surface area contributed by atoms with E-state index in [-0.39, 0.29) is 4.90 Å². The average molecular weight is 332 g/mol. The molecule has 0 amide bonds. The Morgan fingerprint density at radius 3 is 2.57 bits per heavy atom. The number of aryl methyl sites for hydroxylation is 2. The smallest absolute Gasteiger partial charge is 0.265 e. The summed E-state index contributed by atoms with van der Waals surface area (Å²) in [5.74, 6) is 0.317. The van der Waals surface area contributed by atoms with Gasteiger partial charge in [0.1, 0.15) is 21.7 Å². The van der Waals surface area contributed by atoms with Gasteiger partial charge >= 0.3 is 0 Å². The summed E-state index contributed by atoms with van der Waals surface area (Å²) in [7, 11) is -2.34. The van der Waals surface area contributed by atoms with Crippen LogP contribution in [0.3, 0.4) is 0 Å². The number of nitrogens with zero attached hydrogens (tertiary/aromatic N) is 2. The van der Waals surface area contributed by atoms with Crippen molar-refractivity contribution in [2.24, 2.45) is 0 Å². The van der Waals surface area contributed by atoms with E-state index >= 15 is 0 Å². The number of nitrogens with one attached hydrogen (secondary N) is 2. The Labute approximate surface area is 133 Å². The van der Waals surface area contributed by atoms with Gasteiger partial charge in [-0.3, -0.25) is 4.72 Å². The molecule has 8 heteroatoms. The van der Waals surface area contributed by atoms with Gasteiger partial charge in [0, 0.05) is 0 Å². The molecule has 0 atom stereocenters. The first-order chi connectivity index (χ1) is 10.9. The highest BCUT2D eigenvalue weighted by molar-refractivity contribution is 7.92. The molecule has 0 saturated heterocycles. The fourth-order valence-corrected chi connectivity index (χ4v) is 3.95. The zero-order valence-electron chi connectivity index (χ0n) is 12.9. The number of methoxy groups -OCH3 is 1. The van der Waals surface area contributed by atoms with E-state index in [1.165, 1.54) is 7.11 Å². The standard InChI is InChI=1S/C15H16N4O3S/c1-9-6-10(2)15(14(7-9)22-3)23(20,21)18-11-4-5-12-13(8-11)17-19-16-12/h4-8,18H,1-3H3,(H,16,17,19). The molecular weight excluding hydrogens is 316 g/mol. The summed E-state index contributed by atoms with van der Waals surface area (Å²) in [5, 5.41) is 10.4. The molecule has 3 rings (SSSR count). The summed E-state index contributed by atoms with van der Waals surface area (Å²) in [6, 6.07) is 8.45. The number of hydrogen-bond acceptors (Lipinski definition) is 5. The topological polar surface area (TPSA) is 97.0 Å². The monoisotopic (exact) mass is 332 g/mol. The van der Waals surface area contributed by atoms with Crippen LogP contribution in [0.5, 0.6) is 5.75 Å². The molecule has 7 nitrogen and oxygen atoms in total. The molecule has 0 aliphatic heterocycles. The van der Waals surface area contributed by atoms with Crippen molar-refractivity contribution in [2.45, 2.75) is 18.7 Å². The lowest BCUT2D eigenvalue weighted by atomic mass is 10.1. The van der Waals surface area contributed by atoms with Gasteiger partial charge in [0.2, 0.25) is 0 Å². The van der Waals surface area contributed by atoms with Crippen LogP contribution in [0.25, 0.3) is 11.0 Å². The zero-order chi connectivity index (χ0) is 16.6. The van der Waals surface area contributed by atoms with Gasteiger partial charge < -0.3 is 4.74 Å². The van der Waals surface area contributed by atoms with E-state index in [0.29, 0.717) is 28.0 Å². The lowest BCUT2D eigenvalue weighted by Gasteiger charge is -2.14. The SMILES string of the molecule is COc1cc(C)cc(C)c1S(=O)(=O)Nc1ccc2n[nH]nc2c1. The lowest BCUT2D eigenvalue weighted by Crippen LogP contribution is -2.15. The van der Waals surface area contributed by atoms with E-state index in [1.54, 1.807) is 37.3 Å². The van der Waals surface area contributed by atoms with Crippen LogP contribution in [0.4, 0.5) is 5.69 Å². The number of aromatic nitrogens is 3. The average Bonchev–Trinajstić information content (AvgIpc) is 2.92. The molecule has 0 spiro atoms. The van der Waals surface area contributed by atoms with Crippen molar-refractivity contribution < 1.29 is 13.2 Å². The van der Waals surface area contributed by atoms with Crippen LogP contribution in [0.2, 0.25) is 0 Å². The van der Waals surface area contributed by atoms with Gasteiger partial charge in [-0.1, -0.05) is 6.07 Å². The quantitative estimate of drug-likeness (QED) is 0.764. The predicted molar refractivity (Wildman–Crippen MR) is 87.2 cm³/mol. The molecular formula is C15H16N4O3S. The van der Waals surface area contributed by atoms with Gasteiger partial charge in [0.05, 0.1) is 12.8 Å². The molecule has 2 aromatic carbocycles. The second kappa shape index (κ2) is 5.54. The molecule has 0 unspecified atom stereocenters. The van der Waals surface area contributed by atoms with Gasteiger partial charge in [-0.05, 0) is 49.2 Å². The number of fused-ring (bicyclic) bond motifs is 1. The first-order valence-electron chi connectivity index (χ1n) is 6.89. The Hall–Kier alpha value is -2.61. The van der Waals surface area contributed by atoms with Crippen molar-refractivity contribution in [1.29, 1.82) is 0 Å². The van der Waals surface area contributed by atoms with Crippen LogP contribution in [0.15, 0.2) is 35.2 Å². The van der Waals surface area contributed by atoms with Gasteiger partial charge in [-0.2, -0.15) is 15.4 Å². The largest absolute Gasteiger partial charge is 0.495 e. The summed E-state index contributed by atoms with van der Waals surface area (Å²) in [6.07, 6.45) is 0. The predicted octanol–water partition coefficient (Wildman–Crippen LogP) is 2.38. The van der Waals surface area contributed by atoms with Crippen molar-refractivity contribution in [1.82, 2.24) is 15.4 Å². The highest BCUT2D eigenvalue weighted by Gasteiger charge is 2.23. The lowest BCUT2D eigenvalue weighted by molar-refractivity contribution is 0.402. The van der Waals surface area contributed by atoms with Crippen LogP contribution in [-0.4, -0.2) is 30.9 Å². The molecule has 1 aromatic heterocycles. The van der Waals surface area contributed by atoms with E-state index in [2.05, 4.69) is 20.1 Å². The van der Waals surface area contributed by atoms with Crippen LogP contribution < -0.4 is 9.46 Å². The molecule has 0 aliphatic carbocycles. The maximum absolute atomic E-state index is 12.8. The molecule has 0 aliphatic rings. The molecule has 0 fully saturated rings. The molecule has 2 N–H and O–H groups in total. The van der Waals surface area contributed by atoms with Crippen molar-refractivity contribution in [2.75, 3.05) is 11.8 Å². The first-order valence-corrected chi connectivity index (χ1v) is 8.37. The minimum Gasteiger partial charge on any atom is -0.495 e. The third-order valence-corrected chi connectivity index (χ3v) is 5.01. The summed E-state index contributed by atoms with van der Waals surface area (Å²) in [6.45, 7) is 3.63. The number of hydrogen-bond donors (Lipinski definition) is 2. The normalized spacial score (nSPS) is 11.6. The zero-order valence-corrected chi connectivity index (χ0v) is 13.7. The Kier molecular flexibility index (Phi) is 3.69. The van der Waals surface area contributed by atoms with Crippen LogP contribution in [0.1, 0.15) is 11.1 Å². The van der Waals surface area contributed by atoms with Crippen LogP contribution >= 0.6 is 0 Å². The van der Waals surface area contributed by atoms with Crippen molar-refractivity contribution >= 4 is 26.7 Å². The van der Waals surface area contributed by atoms with Gasteiger partial charge in [0.25, 0.3) is 10.0 Å². The molecule has 3 aromatic rings. The Balaban J connectivity index is 2.05. The van der Waals surface area contributed by atoms with E-state index in [4.69, 9.17) is 4.74 Å². The number of sulfonamides is 1. The highest BCUT2D eigenvalue weighted by Crippen LogP contribution is 2.30. The minimum atomic E-state index is -3.79.